The second-order valence-corrected chi connectivity index (χ2v) is 7.89. The van der Waals surface area contributed by atoms with E-state index in [2.05, 4.69) is 9.80 Å². The number of aromatic hydroxyl groups is 2. The van der Waals surface area contributed by atoms with Crippen molar-refractivity contribution in [3.63, 3.8) is 0 Å². The Morgan fingerprint density at radius 1 is 0.667 bits per heavy atom. The van der Waals surface area contributed by atoms with E-state index in [9.17, 15) is 10.2 Å². The Balaban J connectivity index is 1.38. The highest BCUT2D eigenvalue weighted by atomic mass is 16.5. The predicted octanol–water partition coefficient (Wildman–Crippen LogP) is 2.93. The van der Waals surface area contributed by atoms with Gasteiger partial charge in [0, 0.05) is 50.4 Å². The summed E-state index contributed by atoms with van der Waals surface area (Å²) in [6.07, 6.45) is 3.91. The van der Waals surface area contributed by atoms with Crippen molar-refractivity contribution < 1.29 is 19.7 Å². The molecule has 0 aliphatic carbocycles. The lowest BCUT2D eigenvalue weighted by Crippen LogP contribution is -2.35. The molecule has 2 aliphatic rings. The topological polar surface area (TPSA) is 65.4 Å². The number of morpholine rings is 2. The average Bonchev–Trinajstić information content (AvgIpc) is 2.77. The van der Waals surface area contributed by atoms with E-state index in [1.54, 1.807) is 12.1 Å². The number of phenols is 2. The third-order valence-corrected chi connectivity index (χ3v) is 5.68. The molecule has 30 heavy (non-hydrogen) atoms. The van der Waals surface area contributed by atoms with E-state index in [4.69, 9.17) is 9.47 Å². The smallest absolute Gasteiger partial charge is 0.120 e. The molecule has 6 nitrogen and oxygen atoms in total. The Morgan fingerprint density at radius 3 is 1.43 bits per heavy atom. The summed E-state index contributed by atoms with van der Waals surface area (Å²) in [5, 5.41) is 20.8. The number of benzene rings is 2. The van der Waals surface area contributed by atoms with Crippen LogP contribution in [0, 0.1) is 0 Å². The molecule has 0 unspecified atom stereocenters. The van der Waals surface area contributed by atoms with E-state index in [1.165, 1.54) is 0 Å². The lowest BCUT2D eigenvalue weighted by Gasteiger charge is -2.26. The zero-order valence-electron chi connectivity index (χ0n) is 17.3. The van der Waals surface area contributed by atoms with Gasteiger partial charge in [-0.2, -0.15) is 0 Å². The first-order valence-corrected chi connectivity index (χ1v) is 10.6. The molecule has 2 aromatic rings. The zero-order chi connectivity index (χ0) is 20.8. The van der Waals surface area contributed by atoms with E-state index >= 15 is 0 Å². The SMILES string of the molecule is Oc1cc(/C=C\c2ccc(CN3CCOCC3)c(O)c2)ccc1CN1CCOCC1. The average molecular weight is 411 g/mol. The molecule has 0 atom stereocenters. The molecule has 2 N–H and O–H groups in total. The lowest BCUT2D eigenvalue weighted by molar-refractivity contribution is 0.0338. The molecule has 2 saturated heterocycles. The Labute approximate surface area is 178 Å². The Bertz CT molecular complexity index is 800. The maximum atomic E-state index is 10.4. The molecule has 0 amide bonds. The molecule has 2 heterocycles. The first kappa shape index (κ1) is 20.9. The zero-order valence-corrected chi connectivity index (χ0v) is 17.3. The maximum absolute atomic E-state index is 10.4. The number of ether oxygens (including phenoxy) is 2. The highest BCUT2D eigenvalue weighted by Gasteiger charge is 2.14. The van der Waals surface area contributed by atoms with Crippen LogP contribution in [0.3, 0.4) is 0 Å². The highest BCUT2D eigenvalue weighted by Crippen LogP contribution is 2.24. The van der Waals surface area contributed by atoms with Crippen LogP contribution in [0.1, 0.15) is 22.3 Å². The fourth-order valence-electron chi connectivity index (χ4n) is 3.83. The minimum atomic E-state index is 0.312. The van der Waals surface area contributed by atoms with Crippen LogP contribution in [0.5, 0.6) is 11.5 Å². The standard InChI is InChI=1S/C24H30N2O4/c27-23-15-19(3-5-21(23)17-25-7-11-29-12-8-25)1-2-20-4-6-22(24(28)16-20)18-26-9-13-30-14-10-26/h1-6,15-16,27-28H,7-14,17-18H2/b2-1-. The molecule has 0 aromatic heterocycles. The van der Waals surface area contributed by atoms with Crippen LogP contribution < -0.4 is 0 Å². The van der Waals surface area contributed by atoms with Gasteiger partial charge < -0.3 is 19.7 Å². The second kappa shape index (κ2) is 10.1. The second-order valence-electron chi connectivity index (χ2n) is 7.89. The molecule has 2 aliphatic heterocycles. The van der Waals surface area contributed by atoms with Crippen molar-refractivity contribution in [3.05, 3.63) is 58.7 Å². The van der Waals surface area contributed by atoms with E-state index < -0.39 is 0 Å². The van der Waals surface area contributed by atoms with Crippen LogP contribution in [-0.4, -0.2) is 72.6 Å². The fraction of sp³-hybridized carbons (Fsp3) is 0.417. The van der Waals surface area contributed by atoms with Crippen molar-refractivity contribution >= 4 is 12.2 Å². The number of hydrogen-bond acceptors (Lipinski definition) is 6. The van der Waals surface area contributed by atoms with Gasteiger partial charge in [0.15, 0.2) is 0 Å². The van der Waals surface area contributed by atoms with Crippen LogP contribution in [0.25, 0.3) is 12.2 Å². The van der Waals surface area contributed by atoms with Gasteiger partial charge in [0.1, 0.15) is 11.5 Å². The van der Waals surface area contributed by atoms with E-state index in [1.807, 2.05) is 36.4 Å². The van der Waals surface area contributed by atoms with Gasteiger partial charge in [0.2, 0.25) is 0 Å². The molecule has 0 saturated carbocycles. The number of phenolic OH excluding ortho intramolecular Hbond substituents is 2. The number of hydrogen-bond donors (Lipinski definition) is 2. The first-order chi connectivity index (χ1) is 14.7. The Kier molecular flexibility index (Phi) is 7.02. The normalized spacial score (nSPS) is 18.8. The lowest BCUT2D eigenvalue weighted by atomic mass is 10.1. The molecule has 0 bridgehead atoms. The summed E-state index contributed by atoms with van der Waals surface area (Å²) in [7, 11) is 0. The Morgan fingerprint density at radius 2 is 1.07 bits per heavy atom. The van der Waals surface area contributed by atoms with Crippen molar-refractivity contribution in [2.45, 2.75) is 13.1 Å². The summed E-state index contributed by atoms with van der Waals surface area (Å²) < 4.78 is 10.8. The van der Waals surface area contributed by atoms with Gasteiger partial charge in [-0.3, -0.25) is 9.80 Å². The molecule has 0 spiro atoms. The van der Waals surface area contributed by atoms with E-state index in [0.29, 0.717) is 11.5 Å². The summed E-state index contributed by atoms with van der Waals surface area (Å²) in [6.45, 7) is 8.05. The summed E-state index contributed by atoms with van der Waals surface area (Å²) in [5.41, 5.74) is 3.71. The van der Waals surface area contributed by atoms with Crippen LogP contribution in [0.15, 0.2) is 36.4 Å². The van der Waals surface area contributed by atoms with Crippen molar-refractivity contribution in [2.75, 3.05) is 52.6 Å². The largest absolute Gasteiger partial charge is 0.508 e. The number of rotatable bonds is 6. The maximum Gasteiger partial charge on any atom is 0.120 e. The molecule has 2 aromatic carbocycles. The molecule has 160 valence electrons. The van der Waals surface area contributed by atoms with Crippen LogP contribution in [0.4, 0.5) is 0 Å². The predicted molar refractivity (Wildman–Crippen MR) is 117 cm³/mol. The molecule has 2 fully saturated rings. The van der Waals surface area contributed by atoms with Crippen LogP contribution >= 0.6 is 0 Å². The summed E-state index contributed by atoms with van der Waals surface area (Å²) in [6, 6.07) is 11.6. The molecule has 0 radical (unpaired) electrons. The summed E-state index contributed by atoms with van der Waals surface area (Å²) in [4.78, 5) is 4.57. The summed E-state index contributed by atoms with van der Waals surface area (Å²) >= 11 is 0. The van der Waals surface area contributed by atoms with Gasteiger partial charge >= 0.3 is 0 Å². The van der Waals surface area contributed by atoms with Gasteiger partial charge in [0.05, 0.1) is 26.4 Å². The van der Waals surface area contributed by atoms with Crippen LogP contribution in [-0.2, 0) is 22.6 Å². The van der Waals surface area contributed by atoms with Crippen LogP contribution in [0.2, 0.25) is 0 Å². The van der Waals surface area contributed by atoms with Crippen molar-refractivity contribution in [1.82, 2.24) is 9.80 Å². The highest BCUT2D eigenvalue weighted by molar-refractivity contribution is 5.71. The van der Waals surface area contributed by atoms with Crippen molar-refractivity contribution in [1.29, 1.82) is 0 Å². The van der Waals surface area contributed by atoms with Gasteiger partial charge in [0.25, 0.3) is 0 Å². The first-order valence-electron chi connectivity index (χ1n) is 10.6. The molecular formula is C24H30N2O4. The monoisotopic (exact) mass is 410 g/mol. The molecule has 4 rings (SSSR count). The molecular weight excluding hydrogens is 380 g/mol. The summed E-state index contributed by atoms with van der Waals surface area (Å²) in [5.74, 6) is 0.625. The fourth-order valence-corrected chi connectivity index (χ4v) is 3.83. The quantitative estimate of drug-likeness (QED) is 0.714. The van der Waals surface area contributed by atoms with Gasteiger partial charge in [-0.1, -0.05) is 36.4 Å². The van der Waals surface area contributed by atoms with Crippen molar-refractivity contribution in [3.8, 4) is 11.5 Å². The molecule has 6 heteroatoms. The minimum absolute atomic E-state index is 0.312. The van der Waals surface area contributed by atoms with E-state index in [-0.39, 0.29) is 0 Å². The Hall–Kier alpha value is -2.38. The van der Waals surface area contributed by atoms with Crippen molar-refractivity contribution in [2.24, 2.45) is 0 Å². The van der Waals surface area contributed by atoms with Gasteiger partial charge in [-0.15, -0.1) is 0 Å². The van der Waals surface area contributed by atoms with Gasteiger partial charge in [-0.25, -0.2) is 0 Å². The third-order valence-electron chi connectivity index (χ3n) is 5.68. The minimum Gasteiger partial charge on any atom is -0.508 e. The number of nitrogens with zero attached hydrogens (tertiary/aromatic N) is 2. The third kappa shape index (κ3) is 5.61. The van der Waals surface area contributed by atoms with Gasteiger partial charge in [-0.05, 0) is 23.3 Å². The van der Waals surface area contributed by atoms with E-state index in [0.717, 1.165) is 87.9 Å².